The van der Waals surface area contributed by atoms with Gasteiger partial charge in [-0.2, -0.15) is 0 Å². The summed E-state index contributed by atoms with van der Waals surface area (Å²) in [4.78, 5) is 4.41. The third-order valence-electron chi connectivity index (χ3n) is 3.60. The molecule has 0 radical (unpaired) electrons. The van der Waals surface area contributed by atoms with Crippen molar-refractivity contribution in [1.29, 1.82) is 0 Å². The van der Waals surface area contributed by atoms with Gasteiger partial charge in [0.2, 0.25) is 0 Å². The minimum atomic E-state index is -0.674. The van der Waals surface area contributed by atoms with Gasteiger partial charge in [0, 0.05) is 13.1 Å². The van der Waals surface area contributed by atoms with E-state index in [0.29, 0.717) is 12.6 Å². The number of hydrogen-bond acceptors (Lipinski definition) is 3. The lowest BCUT2D eigenvalue weighted by Gasteiger charge is -2.13. The van der Waals surface area contributed by atoms with Crippen molar-refractivity contribution >= 4 is 5.96 Å². The Morgan fingerprint density at radius 1 is 1.04 bits per heavy atom. The molecule has 0 aliphatic carbocycles. The first-order valence-corrected chi connectivity index (χ1v) is 8.69. The second kappa shape index (κ2) is 10.4. The van der Waals surface area contributed by atoms with Gasteiger partial charge in [-0.3, -0.25) is 4.99 Å². The number of rotatable bonds is 8. The molecule has 0 saturated carbocycles. The summed E-state index contributed by atoms with van der Waals surface area (Å²) in [5.74, 6) is 1.45. The Labute approximate surface area is 149 Å². The second-order valence-corrected chi connectivity index (χ2v) is 5.61. The van der Waals surface area contributed by atoms with Crippen LogP contribution in [0, 0.1) is 0 Å². The standard InChI is InChI=1S/C20H27N3O2/c1-3-21-20(22-4-2)23-14-19(24)17-11-8-12-18(13-17)25-15-16-9-6-5-7-10-16/h5-13,19,24H,3-4,14-15H2,1-2H3,(H2,21,22,23). The molecule has 0 amide bonds. The Morgan fingerprint density at radius 2 is 1.76 bits per heavy atom. The molecule has 0 fully saturated rings. The van der Waals surface area contributed by atoms with Gasteiger partial charge in [0.05, 0.1) is 12.6 Å². The van der Waals surface area contributed by atoms with Crippen molar-refractivity contribution in [2.45, 2.75) is 26.6 Å². The van der Waals surface area contributed by atoms with Crippen molar-refractivity contribution in [2.75, 3.05) is 19.6 Å². The zero-order valence-electron chi connectivity index (χ0n) is 14.9. The van der Waals surface area contributed by atoms with Crippen LogP contribution in [-0.4, -0.2) is 30.7 Å². The van der Waals surface area contributed by atoms with Crippen molar-refractivity contribution in [3.8, 4) is 5.75 Å². The van der Waals surface area contributed by atoms with E-state index < -0.39 is 6.10 Å². The van der Waals surface area contributed by atoms with Crippen LogP contribution >= 0.6 is 0 Å². The van der Waals surface area contributed by atoms with Gasteiger partial charge in [-0.1, -0.05) is 42.5 Å². The van der Waals surface area contributed by atoms with E-state index >= 15 is 0 Å². The summed E-state index contributed by atoms with van der Waals surface area (Å²) < 4.78 is 5.81. The molecule has 5 heteroatoms. The molecule has 0 spiro atoms. The Hall–Kier alpha value is -2.53. The van der Waals surface area contributed by atoms with Crippen molar-refractivity contribution in [3.63, 3.8) is 0 Å². The highest BCUT2D eigenvalue weighted by Crippen LogP contribution is 2.20. The van der Waals surface area contributed by atoms with Crippen LogP contribution in [-0.2, 0) is 6.61 Å². The Morgan fingerprint density at radius 3 is 2.44 bits per heavy atom. The van der Waals surface area contributed by atoms with E-state index in [0.717, 1.165) is 30.0 Å². The Kier molecular flexibility index (Phi) is 7.79. The van der Waals surface area contributed by atoms with Gasteiger partial charge < -0.3 is 20.5 Å². The molecule has 1 atom stereocenters. The van der Waals surface area contributed by atoms with Crippen molar-refractivity contribution in [2.24, 2.45) is 4.99 Å². The maximum absolute atomic E-state index is 10.4. The fourth-order valence-corrected chi connectivity index (χ4v) is 2.34. The van der Waals surface area contributed by atoms with Gasteiger partial charge in [-0.25, -0.2) is 0 Å². The van der Waals surface area contributed by atoms with Crippen LogP contribution in [0.3, 0.4) is 0 Å². The van der Waals surface area contributed by atoms with Gasteiger partial charge >= 0.3 is 0 Å². The highest BCUT2D eigenvalue weighted by Gasteiger charge is 2.09. The molecule has 5 nitrogen and oxygen atoms in total. The predicted octanol–water partition coefficient (Wildman–Crippen LogP) is 2.87. The highest BCUT2D eigenvalue weighted by atomic mass is 16.5. The number of aliphatic imine (C=N–C) groups is 1. The molecule has 0 aromatic heterocycles. The molecule has 3 N–H and O–H groups in total. The number of guanidine groups is 1. The van der Waals surface area contributed by atoms with Crippen molar-refractivity contribution in [1.82, 2.24) is 10.6 Å². The van der Waals surface area contributed by atoms with Gasteiger partial charge in [-0.05, 0) is 37.1 Å². The molecule has 0 aliphatic heterocycles. The molecular formula is C20H27N3O2. The first kappa shape index (κ1) is 18.8. The number of ether oxygens (including phenoxy) is 1. The second-order valence-electron chi connectivity index (χ2n) is 5.61. The summed E-state index contributed by atoms with van der Waals surface area (Å²) in [6.45, 7) is 6.38. The molecule has 25 heavy (non-hydrogen) atoms. The normalized spacial score (nSPS) is 11.5. The Balaban J connectivity index is 1.96. The van der Waals surface area contributed by atoms with Crippen LogP contribution in [0.5, 0.6) is 5.75 Å². The summed E-state index contributed by atoms with van der Waals surface area (Å²) in [7, 11) is 0. The summed E-state index contributed by atoms with van der Waals surface area (Å²) in [5.41, 5.74) is 1.90. The molecule has 0 aliphatic rings. The summed E-state index contributed by atoms with van der Waals surface area (Å²) >= 11 is 0. The minimum Gasteiger partial charge on any atom is -0.489 e. The number of aliphatic hydroxyl groups excluding tert-OH is 1. The average molecular weight is 341 g/mol. The number of benzene rings is 2. The lowest BCUT2D eigenvalue weighted by molar-refractivity contribution is 0.186. The topological polar surface area (TPSA) is 65.9 Å². The minimum absolute atomic E-state index is 0.289. The molecule has 2 aromatic rings. The van der Waals surface area contributed by atoms with Crippen LogP contribution < -0.4 is 15.4 Å². The van der Waals surface area contributed by atoms with Crippen LogP contribution in [0.25, 0.3) is 0 Å². The number of nitrogens with zero attached hydrogens (tertiary/aromatic N) is 1. The smallest absolute Gasteiger partial charge is 0.191 e. The van der Waals surface area contributed by atoms with E-state index in [9.17, 15) is 5.11 Å². The van der Waals surface area contributed by atoms with E-state index in [2.05, 4.69) is 15.6 Å². The van der Waals surface area contributed by atoms with E-state index in [-0.39, 0.29) is 6.54 Å². The van der Waals surface area contributed by atoms with E-state index in [1.807, 2.05) is 68.4 Å². The van der Waals surface area contributed by atoms with Crippen molar-refractivity contribution in [3.05, 3.63) is 65.7 Å². The first-order valence-electron chi connectivity index (χ1n) is 8.69. The lowest BCUT2D eigenvalue weighted by Crippen LogP contribution is -2.37. The molecule has 1 unspecified atom stereocenters. The molecule has 0 heterocycles. The van der Waals surface area contributed by atoms with Crippen LogP contribution in [0.15, 0.2) is 59.6 Å². The number of aliphatic hydroxyl groups is 1. The maximum atomic E-state index is 10.4. The van der Waals surface area contributed by atoms with Gasteiger partial charge in [0.15, 0.2) is 5.96 Å². The number of hydrogen-bond donors (Lipinski definition) is 3. The first-order chi connectivity index (χ1) is 12.2. The summed E-state index contributed by atoms with van der Waals surface area (Å²) in [6, 6.07) is 17.5. The van der Waals surface area contributed by atoms with Gasteiger partial charge in [0.25, 0.3) is 0 Å². The third kappa shape index (κ3) is 6.47. The van der Waals surface area contributed by atoms with Crippen molar-refractivity contribution < 1.29 is 9.84 Å². The highest BCUT2D eigenvalue weighted by molar-refractivity contribution is 5.79. The quantitative estimate of drug-likeness (QED) is 0.510. The summed E-state index contributed by atoms with van der Waals surface area (Å²) in [5, 5.41) is 16.7. The summed E-state index contributed by atoms with van der Waals surface area (Å²) in [6.07, 6.45) is -0.674. The largest absolute Gasteiger partial charge is 0.489 e. The fraction of sp³-hybridized carbons (Fsp3) is 0.350. The van der Waals surface area contributed by atoms with Crippen LogP contribution in [0.1, 0.15) is 31.1 Å². The maximum Gasteiger partial charge on any atom is 0.191 e. The van der Waals surface area contributed by atoms with Gasteiger partial charge in [0.1, 0.15) is 12.4 Å². The Bertz CT molecular complexity index is 651. The fourth-order valence-electron chi connectivity index (χ4n) is 2.34. The molecule has 0 saturated heterocycles. The zero-order chi connectivity index (χ0) is 17.9. The van der Waals surface area contributed by atoms with Crippen LogP contribution in [0.2, 0.25) is 0 Å². The van der Waals surface area contributed by atoms with Crippen LogP contribution in [0.4, 0.5) is 0 Å². The van der Waals surface area contributed by atoms with E-state index in [4.69, 9.17) is 4.74 Å². The van der Waals surface area contributed by atoms with Gasteiger partial charge in [-0.15, -0.1) is 0 Å². The third-order valence-corrected chi connectivity index (χ3v) is 3.60. The molecular weight excluding hydrogens is 314 g/mol. The predicted molar refractivity (Wildman–Crippen MR) is 102 cm³/mol. The zero-order valence-corrected chi connectivity index (χ0v) is 14.9. The number of nitrogens with one attached hydrogen (secondary N) is 2. The SMILES string of the molecule is CCNC(=NCC(O)c1cccc(OCc2ccccc2)c1)NCC. The molecule has 134 valence electrons. The molecule has 2 rings (SSSR count). The van der Waals surface area contributed by atoms with E-state index in [1.54, 1.807) is 0 Å². The lowest BCUT2D eigenvalue weighted by atomic mass is 10.1. The monoisotopic (exact) mass is 341 g/mol. The van der Waals surface area contributed by atoms with E-state index in [1.165, 1.54) is 0 Å². The molecule has 2 aromatic carbocycles. The average Bonchev–Trinajstić information content (AvgIpc) is 2.65. The molecule has 0 bridgehead atoms.